The van der Waals surface area contributed by atoms with Crippen LogP contribution in [0.15, 0.2) is 18.3 Å². The molecule has 25 heavy (non-hydrogen) atoms. The van der Waals surface area contributed by atoms with Gasteiger partial charge in [-0.05, 0) is 31.9 Å². The molecule has 1 amide bonds. The van der Waals surface area contributed by atoms with Crippen LogP contribution in [-0.4, -0.2) is 76.2 Å². The summed E-state index contributed by atoms with van der Waals surface area (Å²) >= 11 is 0. The molecule has 0 unspecified atom stereocenters. The van der Waals surface area contributed by atoms with Crippen molar-refractivity contribution in [3.8, 4) is 0 Å². The number of rotatable bonds is 3. The van der Waals surface area contributed by atoms with Crippen LogP contribution < -0.4 is 0 Å². The van der Waals surface area contributed by atoms with Gasteiger partial charge in [0.1, 0.15) is 11.3 Å². The van der Waals surface area contributed by atoms with Crippen LogP contribution in [0.4, 0.5) is 0 Å². The predicted octanol–water partition coefficient (Wildman–Crippen LogP) is 1.24. The van der Waals surface area contributed by atoms with Crippen molar-refractivity contribution in [3.05, 3.63) is 24.2 Å². The molecular formula is C18H25N5O2. The number of hydrogen-bond donors (Lipinski definition) is 0. The van der Waals surface area contributed by atoms with Gasteiger partial charge in [0.25, 0.3) is 0 Å². The molecular weight excluding hydrogens is 318 g/mol. The van der Waals surface area contributed by atoms with Crippen molar-refractivity contribution >= 4 is 17.1 Å². The number of pyridine rings is 1. The molecule has 7 nitrogen and oxygen atoms in total. The lowest BCUT2D eigenvalue weighted by Gasteiger charge is -2.34. The van der Waals surface area contributed by atoms with Crippen LogP contribution in [0, 0.1) is 6.92 Å². The van der Waals surface area contributed by atoms with Crippen LogP contribution in [0.2, 0.25) is 0 Å². The molecule has 0 atom stereocenters. The fraction of sp³-hybridized carbons (Fsp3) is 0.611. The second-order valence-electron chi connectivity index (χ2n) is 6.88. The Labute approximate surface area is 147 Å². The van der Waals surface area contributed by atoms with Crippen LogP contribution in [0.25, 0.3) is 11.2 Å². The lowest BCUT2D eigenvalue weighted by Crippen LogP contribution is -2.47. The SMILES string of the molecule is Cc1nc2cccnc2n1C1CCN(CC(=O)N2CCOCC2)CC1. The van der Waals surface area contributed by atoms with Gasteiger partial charge in [0.2, 0.25) is 5.91 Å². The van der Waals surface area contributed by atoms with E-state index in [0.29, 0.717) is 25.8 Å². The molecule has 134 valence electrons. The number of ether oxygens (including phenoxy) is 1. The van der Waals surface area contributed by atoms with Crippen molar-refractivity contribution < 1.29 is 9.53 Å². The number of amides is 1. The fourth-order valence-corrected chi connectivity index (χ4v) is 3.92. The van der Waals surface area contributed by atoms with Gasteiger partial charge in [0, 0.05) is 38.4 Å². The maximum Gasteiger partial charge on any atom is 0.236 e. The Kier molecular flexibility index (Phi) is 4.67. The number of aryl methyl sites for hydroxylation is 1. The first-order valence-electron chi connectivity index (χ1n) is 9.10. The molecule has 0 aliphatic carbocycles. The first-order valence-corrected chi connectivity index (χ1v) is 9.10. The molecule has 0 radical (unpaired) electrons. The van der Waals surface area contributed by atoms with Gasteiger partial charge in [-0.2, -0.15) is 0 Å². The summed E-state index contributed by atoms with van der Waals surface area (Å²) in [5.41, 5.74) is 1.94. The normalized spacial score (nSPS) is 20.3. The topological polar surface area (TPSA) is 63.5 Å². The van der Waals surface area contributed by atoms with E-state index in [4.69, 9.17) is 4.74 Å². The average molecular weight is 343 g/mol. The standard InChI is InChI=1S/C18H25N5O2/c1-14-20-16-3-2-6-19-18(16)23(14)15-4-7-21(8-5-15)13-17(24)22-9-11-25-12-10-22/h2-3,6,15H,4-5,7-13H2,1H3. The summed E-state index contributed by atoms with van der Waals surface area (Å²) < 4.78 is 7.59. The van der Waals surface area contributed by atoms with Crippen molar-refractivity contribution in [3.63, 3.8) is 0 Å². The van der Waals surface area contributed by atoms with Crippen molar-refractivity contribution in [2.24, 2.45) is 0 Å². The van der Waals surface area contributed by atoms with Crippen molar-refractivity contribution in [1.82, 2.24) is 24.3 Å². The molecule has 0 N–H and O–H groups in total. The third kappa shape index (κ3) is 3.39. The van der Waals surface area contributed by atoms with Gasteiger partial charge in [0.05, 0.1) is 19.8 Å². The second kappa shape index (κ2) is 7.09. The third-order valence-electron chi connectivity index (χ3n) is 5.27. The molecule has 2 aliphatic rings. The summed E-state index contributed by atoms with van der Waals surface area (Å²) in [5.74, 6) is 1.25. The number of fused-ring (bicyclic) bond motifs is 1. The quantitative estimate of drug-likeness (QED) is 0.839. The van der Waals surface area contributed by atoms with Gasteiger partial charge in [-0.25, -0.2) is 9.97 Å². The third-order valence-corrected chi connectivity index (χ3v) is 5.27. The lowest BCUT2D eigenvalue weighted by atomic mass is 10.0. The van der Waals surface area contributed by atoms with E-state index in [9.17, 15) is 4.79 Å². The molecule has 0 bridgehead atoms. The highest BCUT2D eigenvalue weighted by atomic mass is 16.5. The van der Waals surface area contributed by atoms with E-state index >= 15 is 0 Å². The molecule has 4 rings (SSSR count). The summed E-state index contributed by atoms with van der Waals surface area (Å²) in [7, 11) is 0. The highest BCUT2D eigenvalue weighted by Gasteiger charge is 2.26. The maximum absolute atomic E-state index is 12.4. The van der Waals surface area contributed by atoms with Gasteiger partial charge in [-0.15, -0.1) is 0 Å². The van der Waals surface area contributed by atoms with Crippen molar-refractivity contribution in [2.75, 3.05) is 45.9 Å². The van der Waals surface area contributed by atoms with Gasteiger partial charge < -0.3 is 14.2 Å². The largest absolute Gasteiger partial charge is 0.378 e. The average Bonchev–Trinajstić information content (AvgIpc) is 2.99. The minimum Gasteiger partial charge on any atom is -0.378 e. The number of morpholine rings is 1. The maximum atomic E-state index is 12.4. The number of carbonyl (C=O) groups excluding carboxylic acids is 1. The van der Waals surface area contributed by atoms with Crippen molar-refractivity contribution in [2.45, 2.75) is 25.8 Å². The van der Waals surface area contributed by atoms with E-state index in [2.05, 4.69) is 26.4 Å². The number of likely N-dealkylation sites (tertiary alicyclic amines) is 1. The Hall–Kier alpha value is -1.99. The molecule has 0 saturated carbocycles. The Morgan fingerprint density at radius 1 is 1.24 bits per heavy atom. The summed E-state index contributed by atoms with van der Waals surface area (Å²) in [6.07, 6.45) is 3.88. The second-order valence-corrected chi connectivity index (χ2v) is 6.88. The van der Waals surface area contributed by atoms with Gasteiger partial charge in [-0.1, -0.05) is 0 Å². The Balaban J connectivity index is 1.38. The molecule has 0 aromatic carbocycles. The molecule has 4 heterocycles. The van der Waals surface area contributed by atoms with E-state index in [0.717, 1.165) is 56.0 Å². The molecule has 2 aliphatic heterocycles. The Morgan fingerprint density at radius 3 is 2.76 bits per heavy atom. The number of imidazole rings is 1. The minimum atomic E-state index is 0.229. The first kappa shape index (κ1) is 16.5. The minimum absolute atomic E-state index is 0.229. The highest BCUT2D eigenvalue weighted by molar-refractivity contribution is 5.78. The number of nitrogens with zero attached hydrogens (tertiary/aromatic N) is 5. The number of aromatic nitrogens is 3. The number of carbonyl (C=O) groups is 1. The fourth-order valence-electron chi connectivity index (χ4n) is 3.92. The zero-order valence-electron chi connectivity index (χ0n) is 14.7. The van der Waals surface area contributed by atoms with Crippen LogP contribution in [0.3, 0.4) is 0 Å². The first-order chi connectivity index (χ1) is 12.2. The zero-order valence-corrected chi connectivity index (χ0v) is 14.7. The number of piperidine rings is 1. The molecule has 0 spiro atoms. The van der Waals surface area contributed by atoms with E-state index in [1.165, 1.54) is 0 Å². The van der Waals surface area contributed by atoms with Crippen LogP contribution >= 0.6 is 0 Å². The lowest BCUT2D eigenvalue weighted by molar-refractivity contribution is -0.136. The highest BCUT2D eigenvalue weighted by Crippen LogP contribution is 2.27. The summed E-state index contributed by atoms with van der Waals surface area (Å²) in [6.45, 7) is 7.22. The van der Waals surface area contributed by atoms with Gasteiger partial charge in [-0.3, -0.25) is 9.69 Å². The summed E-state index contributed by atoms with van der Waals surface area (Å²) in [6, 6.07) is 4.36. The predicted molar refractivity (Wildman–Crippen MR) is 94.4 cm³/mol. The van der Waals surface area contributed by atoms with Crippen LogP contribution in [0.5, 0.6) is 0 Å². The molecule has 2 aromatic heterocycles. The molecule has 7 heteroatoms. The van der Waals surface area contributed by atoms with Crippen molar-refractivity contribution in [1.29, 1.82) is 0 Å². The summed E-state index contributed by atoms with van der Waals surface area (Å²) in [5, 5.41) is 0. The molecule has 2 saturated heterocycles. The van der Waals surface area contributed by atoms with E-state index in [-0.39, 0.29) is 5.91 Å². The zero-order chi connectivity index (χ0) is 17.2. The van der Waals surface area contributed by atoms with E-state index in [1.807, 2.05) is 23.2 Å². The monoisotopic (exact) mass is 343 g/mol. The van der Waals surface area contributed by atoms with Crippen LogP contribution in [-0.2, 0) is 9.53 Å². The van der Waals surface area contributed by atoms with E-state index < -0.39 is 0 Å². The van der Waals surface area contributed by atoms with E-state index in [1.54, 1.807) is 0 Å². The molecule has 2 aromatic rings. The number of hydrogen-bond acceptors (Lipinski definition) is 5. The summed E-state index contributed by atoms with van der Waals surface area (Å²) in [4.78, 5) is 25.8. The Morgan fingerprint density at radius 2 is 2.00 bits per heavy atom. The Bertz CT molecular complexity index is 745. The smallest absolute Gasteiger partial charge is 0.236 e. The van der Waals surface area contributed by atoms with Crippen LogP contribution in [0.1, 0.15) is 24.7 Å². The van der Waals surface area contributed by atoms with Gasteiger partial charge >= 0.3 is 0 Å². The van der Waals surface area contributed by atoms with Gasteiger partial charge in [0.15, 0.2) is 5.65 Å². The molecule has 2 fully saturated rings.